The first-order chi connectivity index (χ1) is 12.8. The Bertz CT molecular complexity index is 798. The fourth-order valence-corrected chi connectivity index (χ4v) is 3.74. The summed E-state index contributed by atoms with van der Waals surface area (Å²) in [7, 11) is -2.22. The van der Waals surface area contributed by atoms with Crippen molar-refractivity contribution in [1.29, 1.82) is 0 Å². The van der Waals surface area contributed by atoms with E-state index in [9.17, 15) is 9.36 Å². The Hall–Kier alpha value is -2.50. The molecule has 0 fully saturated rings. The first kappa shape index (κ1) is 20.8. The van der Waals surface area contributed by atoms with Crippen LogP contribution in [0.3, 0.4) is 0 Å². The van der Waals surface area contributed by atoms with Gasteiger partial charge in [-0.2, -0.15) is 5.09 Å². The molecule has 8 heteroatoms. The number of esters is 1. The minimum absolute atomic E-state index is 0.290. The first-order valence-corrected chi connectivity index (χ1v) is 10.2. The van der Waals surface area contributed by atoms with Crippen molar-refractivity contribution in [3.63, 3.8) is 0 Å². The molecular formula is C19H25N2O5P. The summed E-state index contributed by atoms with van der Waals surface area (Å²) in [4.78, 5) is 12.1. The summed E-state index contributed by atoms with van der Waals surface area (Å²) < 4.78 is 29.9. The van der Waals surface area contributed by atoms with Gasteiger partial charge in [0.1, 0.15) is 11.8 Å². The van der Waals surface area contributed by atoms with Crippen LogP contribution in [-0.2, 0) is 14.1 Å². The molecule has 0 aliphatic carbocycles. The summed E-state index contributed by atoms with van der Waals surface area (Å²) in [5, 5.41) is 5.62. The van der Waals surface area contributed by atoms with E-state index in [1.165, 1.54) is 0 Å². The lowest BCUT2D eigenvalue weighted by atomic mass is 10.3. The maximum Gasteiger partial charge on any atom is 0.513 e. The highest BCUT2D eigenvalue weighted by Crippen LogP contribution is 2.47. The van der Waals surface area contributed by atoms with E-state index in [1.54, 1.807) is 70.3 Å². The van der Waals surface area contributed by atoms with E-state index in [2.05, 4.69) is 10.4 Å². The topological polar surface area (TPSA) is 85.9 Å². The van der Waals surface area contributed by atoms with E-state index in [-0.39, 0.29) is 6.10 Å². The van der Waals surface area contributed by atoms with E-state index in [0.29, 0.717) is 17.2 Å². The van der Waals surface area contributed by atoms with Gasteiger partial charge < -0.3 is 19.1 Å². The largest absolute Gasteiger partial charge is 0.513 e. The summed E-state index contributed by atoms with van der Waals surface area (Å²) in [6.07, 6.45) is -0.290. The maximum atomic E-state index is 13.4. The zero-order valence-corrected chi connectivity index (χ0v) is 16.7. The quantitative estimate of drug-likeness (QED) is 0.488. The molecule has 0 aromatic heterocycles. The lowest BCUT2D eigenvalue weighted by Gasteiger charge is -2.24. The third-order valence-electron chi connectivity index (χ3n) is 3.40. The van der Waals surface area contributed by atoms with E-state index in [4.69, 9.17) is 13.8 Å². The molecule has 0 aliphatic rings. The van der Waals surface area contributed by atoms with Crippen LogP contribution >= 0.6 is 7.75 Å². The fourth-order valence-electron chi connectivity index (χ4n) is 2.20. The number of benzene rings is 2. The van der Waals surface area contributed by atoms with Crippen LogP contribution in [0.4, 0.5) is 5.69 Å². The molecule has 0 heterocycles. The third-order valence-corrected chi connectivity index (χ3v) is 4.99. The molecule has 0 aliphatic heterocycles. The van der Waals surface area contributed by atoms with Crippen LogP contribution < -0.4 is 19.5 Å². The minimum atomic E-state index is -3.95. The van der Waals surface area contributed by atoms with E-state index < -0.39 is 19.8 Å². The van der Waals surface area contributed by atoms with Gasteiger partial charge in [0.05, 0.1) is 11.8 Å². The number of hydrogen-bond acceptors (Lipinski definition) is 6. The lowest BCUT2D eigenvalue weighted by Crippen LogP contribution is -2.36. The normalized spacial score (nSPS) is 14.1. The molecule has 0 spiro atoms. The average molecular weight is 392 g/mol. The fraction of sp³-hybridized carbons (Fsp3) is 0.316. The van der Waals surface area contributed by atoms with Crippen LogP contribution in [0.1, 0.15) is 20.8 Å². The van der Waals surface area contributed by atoms with Crippen molar-refractivity contribution in [1.82, 2.24) is 5.09 Å². The standard InChI is InChI=1S/C19H25N2O5P/c1-14(2)24-19(22)15(3)21-27(23,25-16-10-6-5-7-11-16)26-18-13-9-8-12-17(18)20-4/h5-15,20H,1-4H3,(H,21,23)/t15-,27?/m0/s1. The second-order valence-corrected chi connectivity index (χ2v) is 7.69. The van der Waals surface area contributed by atoms with Crippen LogP contribution in [0.5, 0.6) is 11.5 Å². The molecule has 2 rings (SSSR count). The Morgan fingerprint density at radius 1 is 0.963 bits per heavy atom. The van der Waals surface area contributed by atoms with Gasteiger partial charge >= 0.3 is 13.7 Å². The van der Waals surface area contributed by atoms with Gasteiger partial charge in [-0.25, -0.2) is 4.57 Å². The monoisotopic (exact) mass is 392 g/mol. The van der Waals surface area contributed by atoms with Crippen molar-refractivity contribution in [2.75, 3.05) is 12.4 Å². The molecule has 0 amide bonds. The first-order valence-electron chi connectivity index (χ1n) is 8.62. The molecule has 2 aromatic rings. The number of carbonyl (C=O) groups is 1. The number of carbonyl (C=O) groups excluding carboxylic acids is 1. The van der Waals surface area contributed by atoms with Crippen LogP contribution in [0.25, 0.3) is 0 Å². The van der Waals surface area contributed by atoms with Gasteiger partial charge in [0.15, 0.2) is 5.75 Å². The van der Waals surface area contributed by atoms with E-state index in [1.807, 2.05) is 12.1 Å². The number of para-hydroxylation sites is 3. The van der Waals surface area contributed by atoms with E-state index in [0.717, 1.165) is 0 Å². The van der Waals surface area contributed by atoms with Gasteiger partial charge in [-0.15, -0.1) is 0 Å². The Morgan fingerprint density at radius 3 is 2.22 bits per heavy atom. The molecule has 0 radical (unpaired) electrons. The Labute approximate surface area is 159 Å². The van der Waals surface area contributed by atoms with Crippen LogP contribution in [0.15, 0.2) is 54.6 Å². The predicted octanol–water partition coefficient (Wildman–Crippen LogP) is 4.22. The lowest BCUT2D eigenvalue weighted by molar-refractivity contribution is -0.149. The summed E-state index contributed by atoms with van der Waals surface area (Å²) in [6.45, 7) is 5.02. The Morgan fingerprint density at radius 2 is 1.59 bits per heavy atom. The van der Waals surface area contributed by atoms with Crippen molar-refractivity contribution in [2.45, 2.75) is 32.9 Å². The summed E-state index contributed by atoms with van der Waals surface area (Å²) in [6, 6.07) is 14.7. The van der Waals surface area contributed by atoms with Crippen molar-refractivity contribution in [3.8, 4) is 11.5 Å². The maximum absolute atomic E-state index is 13.4. The highest BCUT2D eigenvalue weighted by atomic mass is 31.2. The Balaban J connectivity index is 2.27. The highest BCUT2D eigenvalue weighted by Gasteiger charge is 2.34. The zero-order valence-electron chi connectivity index (χ0n) is 15.8. The van der Waals surface area contributed by atoms with Crippen LogP contribution in [-0.4, -0.2) is 25.2 Å². The van der Waals surface area contributed by atoms with E-state index >= 15 is 0 Å². The van der Waals surface area contributed by atoms with Crippen molar-refractivity contribution < 1.29 is 23.1 Å². The number of ether oxygens (including phenoxy) is 1. The van der Waals surface area contributed by atoms with Crippen molar-refractivity contribution >= 4 is 19.4 Å². The third kappa shape index (κ3) is 6.31. The molecule has 0 saturated carbocycles. The van der Waals surface area contributed by atoms with Gasteiger partial charge in [-0.3, -0.25) is 4.79 Å². The molecular weight excluding hydrogens is 367 g/mol. The molecule has 2 N–H and O–H groups in total. The molecule has 2 aromatic carbocycles. The number of nitrogens with one attached hydrogen (secondary N) is 2. The SMILES string of the molecule is CNc1ccccc1OP(=O)(N[C@@H](C)C(=O)OC(C)C)Oc1ccccc1. The second kappa shape index (κ2) is 9.44. The summed E-state index contributed by atoms with van der Waals surface area (Å²) in [5.74, 6) is 0.128. The van der Waals surface area contributed by atoms with Crippen molar-refractivity contribution in [2.24, 2.45) is 0 Å². The molecule has 0 bridgehead atoms. The summed E-state index contributed by atoms with van der Waals surface area (Å²) >= 11 is 0. The van der Waals surface area contributed by atoms with Gasteiger partial charge in [0, 0.05) is 7.05 Å². The molecule has 2 atom stereocenters. The van der Waals surface area contributed by atoms with Gasteiger partial charge in [-0.05, 0) is 45.0 Å². The average Bonchev–Trinajstić information content (AvgIpc) is 2.62. The van der Waals surface area contributed by atoms with Gasteiger partial charge in [0.2, 0.25) is 0 Å². The van der Waals surface area contributed by atoms with Gasteiger partial charge in [0.25, 0.3) is 0 Å². The number of rotatable bonds is 9. The molecule has 27 heavy (non-hydrogen) atoms. The molecule has 1 unspecified atom stereocenters. The van der Waals surface area contributed by atoms with Gasteiger partial charge in [-0.1, -0.05) is 30.3 Å². The molecule has 146 valence electrons. The predicted molar refractivity (Wildman–Crippen MR) is 105 cm³/mol. The highest BCUT2D eigenvalue weighted by molar-refractivity contribution is 7.52. The Kier molecular flexibility index (Phi) is 7.28. The second-order valence-electron chi connectivity index (χ2n) is 6.08. The molecule has 7 nitrogen and oxygen atoms in total. The smallest absolute Gasteiger partial charge is 0.462 e. The van der Waals surface area contributed by atoms with Crippen molar-refractivity contribution in [3.05, 3.63) is 54.6 Å². The molecule has 0 saturated heterocycles. The minimum Gasteiger partial charge on any atom is -0.462 e. The van der Waals surface area contributed by atoms with Crippen LogP contribution in [0, 0.1) is 0 Å². The zero-order chi connectivity index (χ0) is 19.9. The number of anilines is 1. The van der Waals surface area contributed by atoms with Crippen LogP contribution in [0.2, 0.25) is 0 Å². The number of hydrogen-bond donors (Lipinski definition) is 2. The summed E-state index contributed by atoms with van der Waals surface area (Å²) in [5.41, 5.74) is 0.633.